The van der Waals surface area contributed by atoms with E-state index in [0.29, 0.717) is 16.5 Å². The molecule has 1 aliphatic rings. The molecule has 0 radical (unpaired) electrons. The number of hydrogen-bond donors (Lipinski definition) is 2. The van der Waals surface area contributed by atoms with Crippen LogP contribution in [-0.2, 0) is 6.42 Å². The topological polar surface area (TPSA) is 32.3 Å². The first-order valence-electron chi connectivity index (χ1n) is 6.18. The number of para-hydroxylation sites is 1. The van der Waals surface area contributed by atoms with Crippen molar-refractivity contribution in [3.8, 4) is 5.75 Å². The molecule has 1 aliphatic carbocycles. The van der Waals surface area contributed by atoms with Gasteiger partial charge >= 0.3 is 0 Å². The summed E-state index contributed by atoms with van der Waals surface area (Å²) in [5.74, 6) is -0.0532. The number of nitrogens with one attached hydrogen (secondary N) is 1. The normalized spacial score (nSPS) is 17.3. The summed E-state index contributed by atoms with van der Waals surface area (Å²) in [5, 5.41) is 13.3. The molecular formula is C15H13ClFNO. The SMILES string of the molecule is Oc1cccc2c1CCC2Nc1c(F)cccc1Cl. The highest BCUT2D eigenvalue weighted by Crippen LogP contribution is 2.39. The number of aromatic hydroxyl groups is 1. The molecule has 1 unspecified atom stereocenters. The standard InChI is InChI=1S/C15H13ClFNO/c16-11-4-2-5-12(17)15(11)18-13-8-7-10-9(13)3-1-6-14(10)19/h1-6,13,18-19H,7-8H2. The van der Waals surface area contributed by atoms with Gasteiger partial charge in [0.1, 0.15) is 11.6 Å². The molecule has 0 fully saturated rings. The molecule has 2 aromatic carbocycles. The third-order valence-corrected chi connectivity index (χ3v) is 3.84. The molecule has 98 valence electrons. The van der Waals surface area contributed by atoms with Gasteiger partial charge in [0, 0.05) is 0 Å². The summed E-state index contributed by atoms with van der Waals surface area (Å²) in [6.07, 6.45) is 1.60. The smallest absolute Gasteiger partial charge is 0.147 e. The van der Waals surface area contributed by atoms with Crippen LogP contribution in [0.25, 0.3) is 0 Å². The summed E-state index contributed by atoms with van der Waals surface area (Å²) in [5.41, 5.74) is 2.28. The van der Waals surface area contributed by atoms with E-state index in [1.165, 1.54) is 6.07 Å². The summed E-state index contributed by atoms with van der Waals surface area (Å²) in [7, 11) is 0. The maximum Gasteiger partial charge on any atom is 0.147 e. The number of anilines is 1. The minimum absolute atomic E-state index is 0.0171. The van der Waals surface area contributed by atoms with Crippen LogP contribution in [0.5, 0.6) is 5.75 Å². The minimum atomic E-state index is -0.360. The van der Waals surface area contributed by atoms with Crippen molar-refractivity contribution in [1.82, 2.24) is 0 Å². The fourth-order valence-corrected chi connectivity index (χ4v) is 2.81. The lowest BCUT2D eigenvalue weighted by molar-refractivity contribution is 0.469. The number of hydrogen-bond acceptors (Lipinski definition) is 2. The second kappa shape index (κ2) is 4.74. The fourth-order valence-electron chi connectivity index (χ4n) is 2.59. The fraction of sp³-hybridized carbons (Fsp3) is 0.200. The van der Waals surface area contributed by atoms with Crippen LogP contribution in [0, 0.1) is 5.82 Å². The van der Waals surface area contributed by atoms with E-state index in [2.05, 4.69) is 5.32 Å². The van der Waals surface area contributed by atoms with E-state index < -0.39 is 0 Å². The predicted octanol–water partition coefficient (Wildman–Crippen LogP) is 4.28. The molecule has 0 bridgehead atoms. The van der Waals surface area contributed by atoms with Gasteiger partial charge in [0.15, 0.2) is 0 Å². The number of phenolic OH excluding ortho intramolecular Hbond substituents is 1. The molecule has 0 spiro atoms. The van der Waals surface area contributed by atoms with Gasteiger partial charge in [-0.15, -0.1) is 0 Å². The summed E-state index contributed by atoms with van der Waals surface area (Å²) in [6.45, 7) is 0. The molecule has 2 aromatic rings. The first-order chi connectivity index (χ1) is 9.16. The Hall–Kier alpha value is -1.74. The summed E-state index contributed by atoms with van der Waals surface area (Å²) < 4.78 is 13.8. The Kier molecular flexibility index (Phi) is 3.07. The molecule has 0 heterocycles. The Morgan fingerprint density at radius 3 is 2.79 bits per heavy atom. The molecule has 4 heteroatoms. The highest BCUT2D eigenvalue weighted by Gasteiger charge is 2.25. The Bertz CT molecular complexity index is 609. The molecule has 2 N–H and O–H groups in total. The van der Waals surface area contributed by atoms with Crippen molar-refractivity contribution < 1.29 is 9.50 Å². The molecule has 0 aliphatic heterocycles. The molecule has 2 nitrogen and oxygen atoms in total. The van der Waals surface area contributed by atoms with Gasteiger partial charge in [0.05, 0.1) is 16.8 Å². The van der Waals surface area contributed by atoms with E-state index in [4.69, 9.17) is 11.6 Å². The van der Waals surface area contributed by atoms with Gasteiger partial charge in [-0.05, 0) is 42.2 Å². The molecule has 1 atom stereocenters. The Morgan fingerprint density at radius 1 is 1.21 bits per heavy atom. The molecular weight excluding hydrogens is 265 g/mol. The number of phenols is 1. The van der Waals surface area contributed by atoms with Crippen molar-refractivity contribution >= 4 is 17.3 Å². The van der Waals surface area contributed by atoms with Gasteiger partial charge in [0.25, 0.3) is 0 Å². The van der Waals surface area contributed by atoms with Crippen molar-refractivity contribution in [3.63, 3.8) is 0 Å². The van der Waals surface area contributed by atoms with Crippen LogP contribution >= 0.6 is 11.6 Å². The van der Waals surface area contributed by atoms with E-state index in [-0.39, 0.29) is 11.9 Å². The number of benzene rings is 2. The molecule has 0 aromatic heterocycles. The van der Waals surface area contributed by atoms with Crippen molar-refractivity contribution in [3.05, 3.63) is 58.4 Å². The third kappa shape index (κ3) is 2.15. The lowest BCUT2D eigenvalue weighted by Gasteiger charge is -2.17. The highest BCUT2D eigenvalue weighted by atomic mass is 35.5. The summed E-state index contributed by atoms with van der Waals surface area (Å²) in [6, 6.07) is 10.0. The van der Waals surface area contributed by atoms with Gasteiger partial charge in [-0.25, -0.2) is 4.39 Å². The Balaban J connectivity index is 1.93. The number of rotatable bonds is 2. The van der Waals surface area contributed by atoms with Gasteiger partial charge < -0.3 is 10.4 Å². The summed E-state index contributed by atoms with van der Waals surface area (Å²) in [4.78, 5) is 0. The van der Waals surface area contributed by atoms with Crippen LogP contribution < -0.4 is 5.32 Å². The minimum Gasteiger partial charge on any atom is -0.508 e. The first-order valence-corrected chi connectivity index (χ1v) is 6.56. The van der Waals surface area contributed by atoms with Crippen molar-refractivity contribution in [1.29, 1.82) is 0 Å². The van der Waals surface area contributed by atoms with Crippen LogP contribution in [0.3, 0.4) is 0 Å². The van der Waals surface area contributed by atoms with Gasteiger partial charge in [-0.1, -0.05) is 29.8 Å². The maximum atomic E-state index is 13.8. The first kappa shape index (κ1) is 12.3. The average molecular weight is 278 g/mol. The lowest BCUT2D eigenvalue weighted by atomic mass is 10.1. The average Bonchev–Trinajstić information content (AvgIpc) is 2.79. The monoisotopic (exact) mass is 277 g/mol. The highest BCUT2D eigenvalue weighted by molar-refractivity contribution is 6.33. The van der Waals surface area contributed by atoms with Gasteiger partial charge in [-0.2, -0.15) is 0 Å². The van der Waals surface area contributed by atoms with Gasteiger partial charge in [-0.3, -0.25) is 0 Å². The number of halogens is 2. The Labute approximate surface area is 115 Å². The van der Waals surface area contributed by atoms with Crippen LogP contribution in [0.2, 0.25) is 5.02 Å². The zero-order valence-corrected chi connectivity index (χ0v) is 10.9. The van der Waals surface area contributed by atoms with Crippen molar-refractivity contribution in [2.75, 3.05) is 5.32 Å². The lowest BCUT2D eigenvalue weighted by Crippen LogP contribution is -2.08. The second-order valence-corrected chi connectivity index (χ2v) is 5.08. The van der Waals surface area contributed by atoms with Crippen LogP contribution in [0.15, 0.2) is 36.4 Å². The van der Waals surface area contributed by atoms with Crippen LogP contribution in [-0.4, -0.2) is 5.11 Å². The molecule has 0 saturated heterocycles. The summed E-state index contributed by atoms with van der Waals surface area (Å²) >= 11 is 6.01. The zero-order valence-electron chi connectivity index (χ0n) is 10.2. The molecule has 0 amide bonds. The van der Waals surface area contributed by atoms with Gasteiger partial charge in [0.2, 0.25) is 0 Å². The molecule has 3 rings (SSSR count). The van der Waals surface area contributed by atoms with Crippen LogP contribution in [0.4, 0.5) is 10.1 Å². The van der Waals surface area contributed by atoms with Crippen LogP contribution in [0.1, 0.15) is 23.6 Å². The quantitative estimate of drug-likeness (QED) is 0.858. The molecule has 0 saturated carbocycles. The Morgan fingerprint density at radius 2 is 2.00 bits per heavy atom. The van der Waals surface area contributed by atoms with E-state index in [0.717, 1.165) is 24.0 Å². The third-order valence-electron chi connectivity index (χ3n) is 3.53. The molecule has 19 heavy (non-hydrogen) atoms. The van der Waals surface area contributed by atoms with E-state index >= 15 is 0 Å². The second-order valence-electron chi connectivity index (χ2n) is 4.68. The maximum absolute atomic E-state index is 13.8. The zero-order chi connectivity index (χ0) is 13.4. The van der Waals surface area contributed by atoms with Crippen molar-refractivity contribution in [2.24, 2.45) is 0 Å². The largest absolute Gasteiger partial charge is 0.508 e. The van der Waals surface area contributed by atoms with E-state index in [1.807, 2.05) is 6.07 Å². The predicted molar refractivity (Wildman–Crippen MR) is 74.2 cm³/mol. The van der Waals surface area contributed by atoms with E-state index in [1.54, 1.807) is 24.3 Å². The van der Waals surface area contributed by atoms with Crippen molar-refractivity contribution in [2.45, 2.75) is 18.9 Å². The number of fused-ring (bicyclic) bond motifs is 1. The van der Waals surface area contributed by atoms with E-state index in [9.17, 15) is 9.50 Å².